The van der Waals surface area contributed by atoms with Gasteiger partial charge in [-0.1, -0.05) is 17.3 Å². The predicted molar refractivity (Wildman–Crippen MR) is 130 cm³/mol. The van der Waals surface area contributed by atoms with Crippen LogP contribution in [0.4, 0.5) is 4.39 Å². The second-order valence-corrected chi connectivity index (χ2v) is 10.4. The fourth-order valence-electron chi connectivity index (χ4n) is 5.80. The van der Waals surface area contributed by atoms with E-state index in [0.29, 0.717) is 24.8 Å². The van der Waals surface area contributed by atoms with Crippen LogP contribution in [-0.4, -0.2) is 48.7 Å². The number of aliphatic carboxylic acids is 1. The number of halogens is 1. The molecule has 2 heterocycles. The van der Waals surface area contributed by atoms with Gasteiger partial charge in [0.05, 0.1) is 11.6 Å². The summed E-state index contributed by atoms with van der Waals surface area (Å²) in [4.78, 5) is 42.3. The van der Waals surface area contributed by atoms with Crippen LogP contribution in [0.2, 0.25) is 0 Å². The number of nitrogens with zero attached hydrogens (tertiary/aromatic N) is 4. The van der Waals surface area contributed by atoms with Gasteiger partial charge in [-0.3, -0.25) is 14.4 Å². The van der Waals surface area contributed by atoms with Crippen molar-refractivity contribution in [3.05, 3.63) is 58.8 Å². The van der Waals surface area contributed by atoms with Gasteiger partial charge in [0.2, 0.25) is 0 Å². The maximum Gasteiger partial charge on any atom is 0.309 e. The summed E-state index contributed by atoms with van der Waals surface area (Å²) in [6.07, 6.45) is 5.44. The van der Waals surface area contributed by atoms with Crippen molar-refractivity contribution in [3.8, 4) is 0 Å². The number of hydrogen-bond acceptors (Lipinski definition) is 6. The van der Waals surface area contributed by atoms with E-state index in [9.17, 15) is 23.9 Å². The zero-order valence-electron chi connectivity index (χ0n) is 20.8. The van der Waals surface area contributed by atoms with Crippen molar-refractivity contribution in [1.29, 1.82) is 0 Å². The zero-order chi connectivity index (χ0) is 26.4. The van der Waals surface area contributed by atoms with Crippen LogP contribution in [0.25, 0.3) is 5.65 Å². The standard InChI is InChI=1S/C26H29FN6O4/c1-15-11-17(3-4-18(15)27)13-28-22(34)19-12-20(33-21(31-19)14-29-32-33)23(35)30-16(2)25-5-8-26(9-6-25,10-7-25)24(36)37/h3-4,11-12,14,16H,5-10,13H2,1-2H3,(H,28,34)(H,30,35)(H,36,37). The van der Waals surface area contributed by atoms with Gasteiger partial charge in [0.1, 0.15) is 17.2 Å². The molecule has 6 rings (SSSR count). The minimum atomic E-state index is -0.719. The number of benzene rings is 1. The van der Waals surface area contributed by atoms with E-state index in [0.717, 1.165) is 24.8 Å². The summed E-state index contributed by atoms with van der Waals surface area (Å²) in [6, 6.07) is 5.78. The van der Waals surface area contributed by atoms with Gasteiger partial charge in [0.15, 0.2) is 5.65 Å². The molecule has 1 atom stereocenters. The summed E-state index contributed by atoms with van der Waals surface area (Å²) in [5.41, 5.74) is 0.841. The maximum atomic E-state index is 13.5. The Kier molecular flexibility index (Phi) is 6.17. The van der Waals surface area contributed by atoms with Crippen LogP contribution < -0.4 is 10.6 Å². The van der Waals surface area contributed by atoms with Crippen molar-refractivity contribution in [2.24, 2.45) is 10.8 Å². The SMILES string of the molecule is Cc1cc(CNC(=O)c2cc(C(=O)NC(C)C34CCC(C(=O)O)(CC3)CC4)n3nncc3n2)ccc1F. The Hall–Kier alpha value is -3.89. The average Bonchev–Trinajstić information content (AvgIpc) is 3.38. The molecule has 10 nitrogen and oxygen atoms in total. The molecule has 3 saturated carbocycles. The molecule has 1 aromatic carbocycles. The van der Waals surface area contributed by atoms with Gasteiger partial charge in [0.25, 0.3) is 11.8 Å². The minimum absolute atomic E-state index is 0.0335. The number of nitrogens with one attached hydrogen (secondary N) is 2. The molecule has 37 heavy (non-hydrogen) atoms. The van der Waals surface area contributed by atoms with E-state index in [4.69, 9.17) is 0 Å². The average molecular weight is 509 g/mol. The van der Waals surface area contributed by atoms with Gasteiger partial charge in [0, 0.05) is 18.7 Å². The second kappa shape index (κ2) is 9.20. The molecule has 3 aromatic rings. The first kappa shape index (κ1) is 24.8. The van der Waals surface area contributed by atoms with Crippen LogP contribution >= 0.6 is 0 Å². The first-order chi connectivity index (χ1) is 17.6. The summed E-state index contributed by atoms with van der Waals surface area (Å²) in [5, 5.41) is 23.3. The molecule has 1 unspecified atom stereocenters. The van der Waals surface area contributed by atoms with Gasteiger partial charge in [-0.25, -0.2) is 9.37 Å². The number of carboxylic acid groups (broad SMARTS) is 1. The molecule has 3 aliphatic carbocycles. The number of rotatable bonds is 7. The zero-order valence-corrected chi connectivity index (χ0v) is 20.8. The molecule has 2 bridgehead atoms. The summed E-state index contributed by atoms with van der Waals surface area (Å²) >= 11 is 0. The first-order valence-corrected chi connectivity index (χ1v) is 12.4. The Morgan fingerprint density at radius 2 is 1.81 bits per heavy atom. The molecule has 3 aliphatic rings. The molecule has 0 saturated heterocycles. The summed E-state index contributed by atoms with van der Waals surface area (Å²) in [5.74, 6) is -1.94. The Morgan fingerprint density at radius 1 is 1.11 bits per heavy atom. The molecule has 0 radical (unpaired) electrons. The van der Waals surface area contributed by atoms with E-state index in [-0.39, 0.29) is 40.9 Å². The number of amides is 2. The molecule has 0 aliphatic heterocycles. The van der Waals surface area contributed by atoms with Gasteiger partial charge in [-0.2, -0.15) is 4.52 Å². The van der Waals surface area contributed by atoms with Crippen molar-refractivity contribution in [3.63, 3.8) is 0 Å². The van der Waals surface area contributed by atoms with Gasteiger partial charge < -0.3 is 15.7 Å². The van der Waals surface area contributed by atoms with Crippen molar-refractivity contribution < 1.29 is 23.9 Å². The Balaban J connectivity index is 1.32. The third-order valence-electron chi connectivity index (χ3n) is 8.43. The molecule has 3 fully saturated rings. The van der Waals surface area contributed by atoms with E-state index >= 15 is 0 Å². The monoisotopic (exact) mass is 508 g/mol. The van der Waals surface area contributed by atoms with Crippen LogP contribution in [0.1, 0.15) is 77.6 Å². The Morgan fingerprint density at radius 3 is 2.46 bits per heavy atom. The summed E-state index contributed by atoms with van der Waals surface area (Å²) < 4.78 is 14.8. The van der Waals surface area contributed by atoms with E-state index in [1.165, 1.54) is 22.8 Å². The van der Waals surface area contributed by atoms with Crippen molar-refractivity contribution in [2.75, 3.05) is 0 Å². The van der Waals surface area contributed by atoms with Gasteiger partial charge >= 0.3 is 5.97 Å². The number of fused-ring (bicyclic) bond motifs is 4. The van der Waals surface area contributed by atoms with Crippen LogP contribution in [0, 0.1) is 23.6 Å². The number of aromatic nitrogens is 4. The van der Waals surface area contributed by atoms with E-state index in [1.54, 1.807) is 19.1 Å². The van der Waals surface area contributed by atoms with E-state index in [1.807, 2.05) is 6.92 Å². The third kappa shape index (κ3) is 4.42. The fourth-order valence-corrected chi connectivity index (χ4v) is 5.80. The first-order valence-electron chi connectivity index (χ1n) is 12.4. The molecule has 3 N–H and O–H groups in total. The highest BCUT2D eigenvalue weighted by Gasteiger charge is 2.54. The maximum absolute atomic E-state index is 13.5. The molecule has 2 aromatic heterocycles. The Bertz CT molecular complexity index is 1380. The molecular formula is C26H29FN6O4. The smallest absolute Gasteiger partial charge is 0.309 e. The predicted octanol–water partition coefficient (Wildman–Crippen LogP) is 3.05. The lowest BCUT2D eigenvalue weighted by Crippen LogP contribution is -2.54. The number of carboxylic acids is 1. The highest BCUT2D eigenvalue weighted by molar-refractivity contribution is 5.98. The molecular weight excluding hydrogens is 479 g/mol. The number of aryl methyl sites for hydroxylation is 1. The highest BCUT2D eigenvalue weighted by Crippen LogP contribution is 2.58. The van der Waals surface area contributed by atoms with Crippen LogP contribution in [0.3, 0.4) is 0 Å². The number of carbonyl (C=O) groups excluding carboxylic acids is 2. The van der Waals surface area contributed by atoms with Gasteiger partial charge in [-0.15, -0.1) is 5.10 Å². The second-order valence-electron chi connectivity index (χ2n) is 10.4. The van der Waals surface area contributed by atoms with Gasteiger partial charge in [-0.05, 0) is 75.0 Å². The summed E-state index contributed by atoms with van der Waals surface area (Å²) in [7, 11) is 0. The lowest BCUT2D eigenvalue weighted by molar-refractivity contribution is -0.159. The largest absolute Gasteiger partial charge is 0.481 e. The van der Waals surface area contributed by atoms with Crippen molar-refractivity contribution >= 4 is 23.4 Å². The lowest BCUT2D eigenvalue weighted by atomic mass is 9.52. The van der Waals surface area contributed by atoms with E-state index < -0.39 is 23.2 Å². The fraction of sp³-hybridized carbons (Fsp3) is 0.462. The minimum Gasteiger partial charge on any atom is -0.481 e. The van der Waals surface area contributed by atoms with Crippen LogP contribution in [0.15, 0.2) is 30.5 Å². The normalized spacial score (nSPS) is 23.5. The Labute approximate surface area is 212 Å². The molecule has 11 heteroatoms. The van der Waals surface area contributed by atoms with Crippen LogP contribution in [0.5, 0.6) is 0 Å². The van der Waals surface area contributed by atoms with Crippen LogP contribution in [-0.2, 0) is 11.3 Å². The molecule has 2 amide bonds. The topological polar surface area (TPSA) is 139 Å². The quantitative estimate of drug-likeness (QED) is 0.446. The summed E-state index contributed by atoms with van der Waals surface area (Å²) in [6.45, 7) is 3.77. The number of carbonyl (C=O) groups is 3. The molecule has 194 valence electrons. The third-order valence-corrected chi connectivity index (χ3v) is 8.43. The van der Waals surface area contributed by atoms with Crippen molar-refractivity contribution in [1.82, 2.24) is 30.4 Å². The number of hydrogen-bond donors (Lipinski definition) is 3. The lowest BCUT2D eigenvalue weighted by Gasteiger charge is -2.54. The highest BCUT2D eigenvalue weighted by atomic mass is 19.1. The molecule has 0 spiro atoms. The van der Waals surface area contributed by atoms with Crippen molar-refractivity contribution in [2.45, 2.75) is 65.0 Å². The van der Waals surface area contributed by atoms with E-state index in [2.05, 4.69) is 25.9 Å².